The lowest BCUT2D eigenvalue weighted by molar-refractivity contribution is 0.0401. The van der Waals surface area contributed by atoms with Gasteiger partial charge in [0.05, 0.1) is 11.4 Å². The molecule has 0 spiro atoms. The molecular weight excluding hydrogens is 552 g/mol. The standard InChI is InChI=1S/C37H38N2O5/c1-26-19-27(2)21-32(20-26)44-35-25-43-34-22-31(13-14-33(34)37(35)41)42-24-30(40)23-38-15-17-39(18-16-38)36(28-9-5-3-6-10-28)29-11-7-4-8-12-29/h3-14,19-22,25,30,36,40H,15-18,23-24H2,1-2H3/t30-/m1/s1. The molecule has 0 radical (unpaired) electrons. The van der Waals surface area contributed by atoms with Crippen molar-refractivity contribution in [1.82, 2.24) is 9.80 Å². The van der Waals surface area contributed by atoms with Crippen LogP contribution in [-0.2, 0) is 0 Å². The van der Waals surface area contributed by atoms with Crippen LogP contribution in [0.3, 0.4) is 0 Å². The Balaban J connectivity index is 1.03. The van der Waals surface area contributed by atoms with Crippen molar-refractivity contribution in [3.63, 3.8) is 0 Å². The van der Waals surface area contributed by atoms with Gasteiger partial charge in [0.2, 0.25) is 11.2 Å². The molecule has 1 N–H and O–H groups in total. The molecule has 0 saturated carbocycles. The van der Waals surface area contributed by atoms with E-state index in [1.54, 1.807) is 18.2 Å². The number of aryl methyl sites for hydroxylation is 2. The summed E-state index contributed by atoms with van der Waals surface area (Å²) in [7, 11) is 0. The predicted molar refractivity (Wildman–Crippen MR) is 173 cm³/mol. The maximum Gasteiger partial charge on any atom is 0.235 e. The van der Waals surface area contributed by atoms with Gasteiger partial charge in [-0.1, -0.05) is 66.7 Å². The Bertz CT molecular complexity index is 1690. The molecule has 1 aliphatic heterocycles. The maximum absolute atomic E-state index is 13.1. The molecule has 226 valence electrons. The summed E-state index contributed by atoms with van der Waals surface area (Å²) in [6, 6.07) is 32.4. The normalized spacial score (nSPS) is 15.0. The molecule has 6 rings (SSSR count). The summed E-state index contributed by atoms with van der Waals surface area (Å²) < 4.78 is 17.5. The van der Waals surface area contributed by atoms with Gasteiger partial charge in [0, 0.05) is 38.8 Å². The van der Waals surface area contributed by atoms with E-state index < -0.39 is 6.10 Å². The Morgan fingerprint density at radius 3 is 2.07 bits per heavy atom. The highest BCUT2D eigenvalue weighted by Crippen LogP contribution is 2.30. The van der Waals surface area contributed by atoms with Crippen molar-refractivity contribution < 1.29 is 19.0 Å². The third kappa shape index (κ3) is 7.03. The smallest absolute Gasteiger partial charge is 0.235 e. The van der Waals surface area contributed by atoms with E-state index >= 15 is 0 Å². The first-order chi connectivity index (χ1) is 21.4. The van der Waals surface area contributed by atoms with Crippen LogP contribution >= 0.6 is 0 Å². The van der Waals surface area contributed by atoms with Crippen LogP contribution < -0.4 is 14.9 Å². The fraction of sp³-hybridized carbons (Fsp3) is 0.270. The van der Waals surface area contributed by atoms with Crippen LogP contribution in [0, 0.1) is 13.8 Å². The van der Waals surface area contributed by atoms with E-state index in [4.69, 9.17) is 13.9 Å². The van der Waals surface area contributed by atoms with Crippen LogP contribution in [0.15, 0.2) is 113 Å². The van der Waals surface area contributed by atoms with E-state index in [9.17, 15) is 9.90 Å². The van der Waals surface area contributed by atoms with Crippen molar-refractivity contribution in [2.45, 2.75) is 26.0 Å². The fourth-order valence-corrected chi connectivity index (χ4v) is 6.00. The van der Waals surface area contributed by atoms with Crippen molar-refractivity contribution in [2.75, 3.05) is 39.3 Å². The van der Waals surface area contributed by atoms with Crippen molar-refractivity contribution in [3.05, 3.63) is 136 Å². The lowest BCUT2D eigenvalue weighted by Crippen LogP contribution is -2.50. The number of fused-ring (bicyclic) bond motifs is 1. The van der Waals surface area contributed by atoms with E-state index in [1.807, 2.05) is 32.0 Å². The number of nitrogens with zero attached hydrogens (tertiary/aromatic N) is 2. The molecule has 0 bridgehead atoms. The molecule has 5 aromatic rings. The molecule has 44 heavy (non-hydrogen) atoms. The Morgan fingerprint density at radius 2 is 1.43 bits per heavy atom. The largest absolute Gasteiger partial charge is 0.491 e. The third-order valence-corrected chi connectivity index (χ3v) is 8.05. The SMILES string of the molecule is Cc1cc(C)cc(Oc2coc3cc(OC[C@H](O)CN4CCN(C(c5ccccc5)c5ccccc5)CC4)ccc3c2=O)c1. The number of aliphatic hydroxyl groups is 1. The number of hydrogen-bond acceptors (Lipinski definition) is 7. The number of aliphatic hydroxyl groups excluding tert-OH is 1. The van der Waals surface area contributed by atoms with Crippen molar-refractivity contribution in [2.24, 2.45) is 0 Å². The summed E-state index contributed by atoms with van der Waals surface area (Å²) >= 11 is 0. The zero-order chi connectivity index (χ0) is 30.5. The maximum atomic E-state index is 13.1. The number of rotatable bonds is 10. The van der Waals surface area contributed by atoms with Gasteiger partial charge in [-0.3, -0.25) is 14.6 Å². The number of β-amino-alcohol motifs (C(OH)–C–C–N with tert-alkyl or cyclic N) is 1. The summed E-state index contributed by atoms with van der Waals surface area (Å²) in [5.74, 6) is 1.25. The zero-order valence-electron chi connectivity index (χ0n) is 25.2. The Morgan fingerprint density at radius 1 is 0.795 bits per heavy atom. The van der Waals surface area contributed by atoms with E-state index in [2.05, 4.69) is 70.5 Å². The highest BCUT2D eigenvalue weighted by Gasteiger charge is 2.27. The predicted octanol–water partition coefficient (Wildman–Crippen LogP) is 6.35. The van der Waals surface area contributed by atoms with Crippen LogP contribution in [0.1, 0.15) is 28.3 Å². The molecular formula is C37H38N2O5. The Hall–Kier alpha value is -4.43. The van der Waals surface area contributed by atoms with E-state index in [0.29, 0.717) is 29.0 Å². The molecule has 1 fully saturated rings. The number of ether oxygens (including phenoxy) is 2. The highest BCUT2D eigenvalue weighted by molar-refractivity contribution is 5.79. The van der Waals surface area contributed by atoms with Crippen molar-refractivity contribution in [1.29, 1.82) is 0 Å². The van der Waals surface area contributed by atoms with Gasteiger partial charge >= 0.3 is 0 Å². The lowest BCUT2D eigenvalue weighted by atomic mass is 9.96. The first-order valence-corrected chi connectivity index (χ1v) is 15.1. The summed E-state index contributed by atoms with van der Waals surface area (Å²) in [5.41, 5.74) is 4.83. The van der Waals surface area contributed by atoms with Gasteiger partial charge in [0.25, 0.3) is 0 Å². The molecule has 1 aliphatic rings. The second kappa shape index (κ2) is 13.5. The minimum absolute atomic E-state index is 0.130. The second-order valence-electron chi connectivity index (χ2n) is 11.5. The minimum atomic E-state index is -0.656. The van der Waals surface area contributed by atoms with Gasteiger partial charge in [0.15, 0.2) is 0 Å². The minimum Gasteiger partial charge on any atom is -0.491 e. The van der Waals surface area contributed by atoms with Gasteiger partial charge in [0.1, 0.15) is 36.1 Å². The number of hydrogen-bond donors (Lipinski definition) is 1. The first-order valence-electron chi connectivity index (χ1n) is 15.1. The lowest BCUT2D eigenvalue weighted by Gasteiger charge is -2.40. The molecule has 2 heterocycles. The zero-order valence-corrected chi connectivity index (χ0v) is 25.2. The average Bonchev–Trinajstić information content (AvgIpc) is 3.03. The van der Waals surface area contributed by atoms with Crippen LogP contribution in [0.5, 0.6) is 17.2 Å². The molecule has 7 nitrogen and oxygen atoms in total. The van der Waals surface area contributed by atoms with E-state index in [1.165, 1.54) is 17.4 Å². The monoisotopic (exact) mass is 590 g/mol. The molecule has 0 aliphatic carbocycles. The van der Waals surface area contributed by atoms with Crippen LogP contribution in [0.2, 0.25) is 0 Å². The molecule has 1 atom stereocenters. The fourth-order valence-electron chi connectivity index (χ4n) is 6.00. The van der Waals surface area contributed by atoms with Crippen LogP contribution in [0.4, 0.5) is 0 Å². The number of benzene rings is 4. The molecule has 7 heteroatoms. The van der Waals surface area contributed by atoms with E-state index in [-0.39, 0.29) is 23.8 Å². The first kappa shape index (κ1) is 29.6. The highest BCUT2D eigenvalue weighted by atomic mass is 16.5. The molecule has 0 amide bonds. The number of piperazine rings is 1. The topological polar surface area (TPSA) is 75.4 Å². The van der Waals surface area contributed by atoms with Crippen LogP contribution in [0.25, 0.3) is 11.0 Å². The molecule has 1 aromatic heterocycles. The van der Waals surface area contributed by atoms with Crippen molar-refractivity contribution >= 4 is 11.0 Å². The Labute approximate surface area is 257 Å². The van der Waals surface area contributed by atoms with Crippen molar-refractivity contribution in [3.8, 4) is 17.2 Å². The summed E-state index contributed by atoms with van der Waals surface area (Å²) in [4.78, 5) is 17.9. The van der Waals surface area contributed by atoms with E-state index in [0.717, 1.165) is 37.3 Å². The van der Waals surface area contributed by atoms with Crippen LogP contribution in [-0.4, -0.2) is 60.3 Å². The summed E-state index contributed by atoms with van der Waals surface area (Å²) in [6.45, 7) is 8.16. The summed E-state index contributed by atoms with van der Waals surface area (Å²) in [6.07, 6.45) is 0.678. The summed E-state index contributed by atoms with van der Waals surface area (Å²) in [5, 5.41) is 11.2. The second-order valence-corrected chi connectivity index (χ2v) is 11.5. The van der Waals surface area contributed by atoms with Gasteiger partial charge in [-0.15, -0.1) is 0 Å². The van der Waals surface area contributed by atoms with Gasteiger partial charge in [-0.05, 0) is 60.4 Å². The Kier molecular flexibility index (Phi) is 9.07. The third-order valence-electron chi connectivity index (χ3n) is 8.05. The average molecular weight is 591 g/mol. The van der Waals surface area contributed by atoms with Gasteiger partial charge in [-0.2, -0.15) is 0 Å². The quantitative estimate of drug-likeness (QED) is 0.203. The molecule has 0 unspecified atom stereocenters. The van der Waals surface area contributed by atoms with Gasteiger partial charge < -0.3 is 19.0 Å². The van der Waals surface area contributed by atoms with Gasteiger partial charge in [-0.25, -0.2) is 0 Å². The molecule has 1 saturated heterocycles. The molecule has 4 aromatic carbocycles.